The lowest BCUT2D eigenvalue weighted by Crippen LogP contribution is -2.08. The Morgan fingerprint density at radius 3 is 3.14 bits per heavy atom. The second-order valence-corrected chi connectivity index (χ2v) is 3.25. The molecule has 1 aliphatic rings. The number of aliphatic imine (C=N–C) groups is 1. The van der Waals surface area contributed by atoms with Crippen LogP contribution in [-0.2, 0) is 0 Å². The largest absolute Gasteiger partial charge is 0.365 e. The molecule has 2 aromatic rings. The molecule has 1 aliphatic heterocycles. The summed E-state index contributed by atoms with van der Waals surface area (Å²) in [4.78, 5) is 8.51. The molecular weight excluding hydrogens is 174 g/mol. The van der Waals surface area contributed by atoms with E-state index in [4.69, 9.17) is 0 Å². The van der Waals surface area contributed by atoms with Crippen molar-refractivity contribution >= 4 is 22.8 Å². The van der Waals surface area contributed by atoms with Gasteiger partial charge in [0.1, 0.15) is 6.67 Å². The predicted octanol–water partition coefficient (Wildman–Crippen LogP) is 2.04. The minimum Gasteiger partial charge on any atom is -0.365 e. The normalized spacial score (nSPS) is 13.7. The van der Waals surface area contributed by atoms with E-state index >= 15 is 0 Å². The summed E-state index contributed by atoms with van der Waals surface area (Å²) in [5.41, 5.74) is 3.23. The fourth-order valence-corrected chi connectivity index (χ4v) is 1.72. The number of nitrogens with one attached hydrogen (secondary N) is 1. The van der Waals surface area contributed by atoms with Crippen molar-refractivity contribution < 1.29 is 0 Å². The number of benzene rings is 1. The Hall–Kier alpha value is -1.90. The number of anilines is 1. The first kappa shape index (κ1) is 7.50. The molecule has 0 fully saturated rings. The quantitative estimate of drug-likeness (QED) is 0.678. The standard InChI is InChI=1S/C11H9N3/c1-2-4-10-9(3-1)11-8(6-13-10)5-12-7-14-11/h1-6,14H,7H2. The van der Waals surface area contributed by atoms with E-state index in [1.807, 2.05) is 30.6 Å². The first-order chi connectivity index (χ1) is 6.95. The second kappa shape index (κ2) is 2.80. The lowest BCUT2D eigenvalue weighted by Gasteiger charge is -2.14. The molecular formula is C11H9N3. The average molecular weight is 183 g/mol. The molecule has 3 heteroatoms. The van der Waals surface area contributed by atoms with Gasteiger partial charge in [-0.1, -0.05) is 18.2 Å². The van der Waals surface area contributed by atoms with Gasteiger partial charge >= 0.3 is 0 Å². The summed E-state index contributed by atoms with van der Waals surface area (Å²) < 4.78 is 0. The monoisotopic (exact) mass is 183 g/mol. The van der Waals surface area contributed by atoms with Crippen LogP contribution in [0.3, 0.4) is 0 Å². The molecule has 0 amide bonds. The lowest BCUT2D eigenvalue weighted by atomic mass is 10.1. The zero-order valence-corrected chi connectivity index (χ0v) is 7.57. The minimum absolute atomic E-state index is 0.654. The third-order valence-corrected chi connectivity index (χ3v) is 2.38. The summed E-state index contributed by atoms with van der Waals surface area (Å²) in [6.45, 7) is 0.654. The van der Waals surface area contributed by atoms with Gasteiger partial charge in [0, 0.05) is 23.4 Å². The summed E-state index contributed by atoms with van der Waals surface area (Å²) in [7, 11) is 0. The van der Waals surface area contributed by atoms with Gasteiger partial charge in [-0.15, -0.1) is 0 Å². The number of para-hydroxylation sites is 1. The van der Waals surface area contributed by atoms with E-state index in [9.17, 15) is 0 Å². The van der Waals surface area contributed by atoms with Gasteiger partial charge in [-0.2, -0.15) is 0 Å². The summed E-state index contributed by atoms with van der Waals surface area (Å²) in [6, 6.07) is 8.12. The molecule has 1 aromatic heterocycles. The summed E-state index contributed by atoms with van der Waals surface area (Å²) >= 11 is 0. The molecule has 0 atom stereocenters. The molecule has 0 unspecified atom stereocenters. The van der Waals surface area contributed by atoms with Gasteiger partial charge in [0.15, 0.2) is 0 Å². The summed E-state index contributed by atoms with van der Waals surface area (Å²) in [5.74, 6) is 0. The van der Waals surface area contributed by atoms with Crippen molar-refractivity contribution in [2.45, 2.75) is 0 Å². The number of hydrogen-bond acceptors (Lipinski definition) is 3. The van der Waals surface area contributed by atoms with Crippen molar-refractivity contribution in [2.75, 3.05) is 12.0 Å². The van der Waals surface area contributed by atoms with E-state index in [0.717, 1.165) is 22.2 Å². The highest BCUT2D eigenvalue weighted by atomic mass is 15.0. The molecule has 3 nitrogen and oxygen atoms in total. The van der Waals surface area contributed by atoms with Crippen LogP contribution in [0.2, 0.25) is 0 Å². The Morgan fingerprint density at radius 2 is 2.14 bits per heavy atom. The molecule has 2 heterocycles. The smallest absolute Gasteiger partial charge is 0.107 e. The number of nitrogens with zero attached hydrogens (tertiary/aromatic N) is 2. The van der Waals surface area contributed by atoms with Gasteiger partial charge in [0.25, 0.3) is 0 Å². The number of hydrogen-bond donors (Lipinski definition) is 1. The van der Waals surface area contributed by atoms with Gasteiger partial charge in [-0.05, 0) is 6.07 Å². The molecule has 0 aliphatic carbocycles. The molecule has 0 radical (unpaired) electrons. The van der Waals surface area contributed by atoms with Crippen LogP contribution in [0.25, 0.3) is 10.9 Å². The Labute approximate surface area is 81.5 Å². The molecule has 0 spiro atoms. The SMILES string of the molecule is C1=NCNc2c1cnc1ccccc21. The molecule has 1 aromatic carbocycles. The van der Waals surface area contributed by atoms with Crippen molar-refractivity contribution in [1.29, 1.82) is 0 Å². The van der Waals surface area contributed by atoms with E-state index in [1.54, 1.807) is 0 Å². The first-order valence-electron chi connectivity index (χ1n) is 4.56. The van der Waals surface area contributed by atoms with Gasteiger partial charge in [0.05, 0.1) is 11.2 Å². The maximum atomic E-state index is 4.36. The lowest BCUT2D eigenvalue weighted by molar-refractivity contribution is 1.13. The number of fused-ring (bicyclic) bond motifs is 3. The molecule has 0 saturated carbocycles. The van der Waals surface area contributed by atoms with Gasteiger partial charge < -0.3 is 5.32 Å². The van der Waals surface area contributed by atoms with Crippen LogP contribution < -0.4 is 5.32 Å². The maximum Gasteiger partial charge on any atom is 0.107 e. The topological polar surface area (TPSA) is 37.3 Å². The third kappa shape index (κ3) is 0.988. The highest BCUT2D eigenvalue weighted by Gasteiger charge is 2.08. The van der Waals surface area contributed by atoms with Crippen LogP contribution >= 0.6 is 0 Å². The zero-order chi connectivity index (χ0) is 9.38. The molecule has 14 heavy (non-hydrogen) atoms. The number of aromatic nitrogens is 1. The highest BCUT2D eigenvalue weighted by Crippen LogP contribution is 2.25. The van der Waals surface area contributed by atoms with E-state index < -0.39 is 0 Å². The fraction of sp³-hybridized carbons (Fsp3) is 0.0909. The van der Waals surface area contributed by atoms with Crippen molar-refractivity contribution in [3.8, 4) is 0 Å². The Balaban J connectivity index is 2.41. The fourth-order valence-electron chi connectivity index (χ4n) is 1.72. The maximum absolute atomic E-state index is 4.36. The van der Waals surface area contributed by atoms with Gasteiger partial charge in [-0.3, -0.25) is 9.98 Å². The van der Waals surface area contributed by atoms with Crippen molar-refractivity contribution in [1.82, 2.24) is 4.98 Å². The Kier molecular flexibility index (Phi) is 1.50. The van der Waals surface area contributed by atoms with Gasteiger partial charge in [0.2, 0.25) is 0 Å². The van der Waals surface area contributed by atoms with E-state index in [2.05, 4.69) is 21.4 Å². The average Bonchev–Trinajstić information content (AvgIpc) is 2.29. The van der Waals surface area contributed by atoms with Crippen molar-refractivity contribution in [2.24, 2.45) is 4.99 Å². The van der Waals surface area contributed by atoms with Gasteiger partial charge in [-0.25, -0.2) is 0 Å². The Morgan fingerprint density at radius 1 is 1.21 bits per heavy atom. The Bertz CT molecular complexity index is 517. The third-order valence-electron chi connectivity index (χ3n) is 2.38. The molecule has 68 valence electrons. The molecule has 3 rings (SSSR count). The van der Waals surface area contributed by atoms with E-state index in [0.29, 0.717) is 6.67 Å². The summed E-state index contributed by atoms with van der Waals surface area (Å²) in [6.07, 6.45) is 3.72. The number of rotatable bonds is 0. The van der Waals surface area contributed by atoms with E-state index in [-0.39, 0.29) is 0 Å². The van der Waals surface area contributed by atoms with Crippen LogP contribution in [0.5, 0.6) is 0 Å². The minimum atomic E-state index is 0.654. The molecule has 0 saturated heterocycles. The van der Waals surface area contributed by atoms with Crippen LogP contribution in [0, 0.1) is 0 Å². The number of pyridine rings is 1. The van der Waals surface area contributed by atoms with Crippen LogP contribution in [0.15, 0.2) is 35.5 Å². The predicted molar refractivity (Wildman–Crippen MR) is 57.8 cm³/mol. The summed E-state index contributed by atoms with van der Waals surface area (Å²) in [5, 5.41) is 4.43. The second-order valence-electron chi connectivity index (χ2n) is 3.25. The molecule has 1 N–H and O–H groups in total. The van der Waals surface area contributed by atoms with E-state index in [1.165, 1.54) is 0 Å². The van der Waals surface area contributed by atoms with Crippen LogP contribution in [-0.4, -0.2) is 17.9 Å². The van der Waals surface area contributed by atoms with Crippen molar-refractivity contribution in [3.63, 3.8) is 0 Å². The first-order valence-corrected chi connectivity index (χ1v) is 4.56. The molecule has 0 bridgehead atoms. The highest BCUT2D eigenvalue weighted by molar-refractivity contribution is 6.02. The zero-order valence-electron chi connectivity index (χ0n) is 7.57. The van der Waals surface area contributed by atoms with Crippen LogP contribution in [0.1, 0.15) is 5.56 Å². The van der Waals surface area contributed by atoms with Crippen LogP contribution in [0.4, 0.5) is 5.69 Å². The van der Waals surface area contributed by atoms with Crippen molar-refractivity contribution in [3.05, 3.63) is 36.0 Å².